The number of nitrogens with zero attached hydrogens (tertiary/aromatic N) is 1. The summed E-state index contributed by atoms with van der Waals surface area (Å²) < 4.78 is 26.2. The molecule has 15 heavy (non-hydrogen) atoms. The van der Waals surface area contributed by atoms with Gasteiger partial charge in [-0.1, -0.05) is 6.07 Å². The highest BCUT2D eigenvalue weighted by Gasteiger charge is 2.22. The van der Waals surface area contributed by atoms with E-state index in [0.717, 1.165) is 25.2 Å². The molecule has 0 saturated carbocycles. The molecule has 4 nitrogen and oxygen atoms in total. The highest BCUT2D eigenvalue weighted by atomic mass is 19.1. The molecule has 0 radical (unpaired) electrons. The minimum atomic E-state index is -1.11. The molecule has 0 unspecified atom stereocenters. The maximum Gasteiger partial charge on any atom is 0.321 e. The Morgan fingerprint density at radius 1 is 1.27 bits per heavy atom. The lowest BCUT2D eigenvalue weighted by Gasteiger charge is -2.12. The second-order valence-electron chi connectivity index (χ2n) is 2.80. The molecule has 6 heteroatoms. The van der Waals surface area contributed by atoms with Gasteiger partial charge in [0, 0.05) is 7.05 Å². The van der Waals surface area contributed by atoms with Crippen LogP contribution in [-0.2, 0) is 0 Å². The molecule has 0 aliphatic carbocycles. The van der Waals surface area contributed by atoms with Crippen LogP contribution in [0.25, 0.3) is 0 Å². The number of benzene rings is 1. The SMILES string of the molecule is CN(C(N)=O)C(=O)c1c(F)cccc1F. The first-order valence-electron chi connectivity index (χ1n) is 3.96. The third-order valence-electron chi connectivity index (χ3n) is 1.81. The number of carbonyl (C=O) groups is 2. The summed E-state index contributed by atoms with van der Waals surface area (Å²) in [6.07, 6.45) is 0. The molecule has 1 aromatic rings. The van der Waals surface area contributed by atoms with Crippen molar-refractivity contribution in [1.82, 2.24) is 4.90 Å². The Balaban J connectivity index is 3.17. The van der Waals surface area contributed by atoms with E-state index in [1.165, 1.54) is 0 Å². The molecule has 0 spiro atoms. The van der Waals surface area contributed by atoms with Gasteiger partial charge in [0.15, 0.2) is 0 Å². The second kappa shape index (κ2) is 4.04. The van der Waals surface area contributed by atoms with Gasteiger partial charge in [0.25, 0.3) is 5.91 Å². The van der Waals surface area contributed by atoms with E-state index in [-0.39, 0.29) is 0 Å². The molecule has 0 fully saturated rings. The van der Waals surface area contributed by atoms with E-state index >= 15 is 0 Å². The molecular weight excluding hydrogens is 206 g/mol. The topological polar surface area (TPSA) is 63.4 Å². The highest BCUT2D eigenvalue weighted by molar-refractivity contribution is 6.03. The van der Waals surface area contributed by atoms with Crippen molar-refractivity contribution in [3.63, 3.8) is 0 Å². The van der Waals surface area contributed by atoms with Gasteiger partial charge in [-0.2, -0.15) is 0 Å². The van der Waals surface area contributed by atoms with Crippen LogP contribution in [-0.4, -0.2) is 23.9 Å². The number of primary amides is 1. The van der Waals surface area contributed by atoms with Gasteiger partial charge in [-0.3, -0.25) is 9.69 Å². The van der Waals surface area contributed by atoms with Crippen molar-refractivity contribution in [2.24, 2.45) is 5.73 Å². The zero-order chi connectivity index (χ0) is 11.6. The van der Waals surface area contributed by atoms with Crippen molar-refractivity contribution < 1.29 is 18.4 Å². The fourth-order valence-electron chi connectivity index (χ4n) is 0.970. The van der Waals surface area contributed by atoms with E-state index in [1.807, 2.05) is 0 Å². The van der Waals surface area contributed by atoms with Crippen molar-refractivity contribution >= 4 is 11.9 Å². The Morgan fingerprint density at radius 3 is 2.13 bits per heavy atom. The van der Waals surface area contributed by atoms with E-state index in [0.29, 0.717) is 4.90 Å². The standard InChI is InChI=1S/C9H8F2N2O2/c1-13(9(12)15)8(14)7-5(10)3-2-4-6(7)11/h2-4H,1H3,(H2,12,15). The predicted molar refractivity (Wildman–Crippen MR) is 48.0 cm³/mol. The van der Waals surface area contributed by atoms with Gasteiger partial charge in [0.1, 0.15) is 17.2 Å². The Labute approximate surface area is 84.3 Å². The summed E-state index contributed by atoms with van der Waals surface area (Å²) in [5, 5.41) is 0. The van der Waals surface area contributed by atoms with Crippen molar-refractivity contribution in [2.45, 2.75) is 0 Å². The smallest absolute Gasteiger partial charge is 0.321 e. The molecule has 0 heterocycles. The van der Waals surface area contributed by atoms with Crippen LogP contribution in [0.5, 0.6) is 0 Å². The number of urea groups is 1. The molecule has 1 aromatic carbocycles. The first-order valence-corrected chi connectivity index (χ1v) is 3.96. The van der Waals surface area contributed by atoms with Crippen LogP contribution >= 0.6 is 0 Å². The van der Waals surface area contributed by atoms with Gasteiger partial charge in [0.2, 0.25) is 0 Å². The average Bonchev–Trinajstić information content (AvgIpc) is 2.15. The quantitative estimate of drug-likeness (QED) is 0.761. The molecule has 3 amide bonds. The molecule has 0 atom stereocenters. The number of hydrogen-bond acceptors (Lipinski definition) is 2. The summed E-state index contributed by atoms with van der Waals surface area (Å²) in [5.74, 6) is -3.18. The van der Waals surface area contributed by atoms with E-state index in [2.05, 4.69) is 0 Å². The summed E-state index contributed by atoms with van der Waals surface area (Å²) >= 11 is 0. The van der Waals surface area contributed by atoms with E-state index < -0.39 is 29.1 Å². The third-order valence-corrected chi connectivity index (χ3v) is 1.81. The number of imide groups is 1. The molecule has 2 N–H and O–H groups in total. The fraction of sp³-hybridized carbons (Fsp3) is 0.111. The van der Waals surface area contributed by atoms with E-state index in [1.54, 1.807) is 0 Å². The lowest BCUT2D eigenvalue weighted by atomic mass is 10.2. The van der Waals surface area contributed by atoms with Gasteiger partial charge in [-0.15, -0.1) is 0 Å². The maximum absolute atomic E-state index is 13.1. The summed E-state index contributed by atoms with van der Waals surface area (Å²) in [7, 11) is 1.04. The number of rotatable bonds is 1. The second-order valence-corrected chi connectivity index (χ2v) is 2.80. The zero-order valence-corrected chi connectivity index (χ0v) is 7.83. The normalized spacial score (nSPS) is 9.80. The lowest BCUT2D eigenvalue weighted by molar-refractivity contribution is 0.0829. The molecule has 0 aromatic heterocycles. The fourth-order valence-corrected chi connectivity index (χ4v) is 0.970. The van der Waals surface area contributed by atoms with Gasteiger partial charge in [0.05, 0.1) is 0 Å². The van der Waals surface area contributed by atoms with Gasteiger partial charge >= 0.3 is 6.03 Å². The molecule has 80 valence electrons. The molecule has 0 aliphatic heterocycles. The maximum atomic E-state index is 13.1. The largest absolute Gasteiger partial charge is 0.351 e. The number of halogens is 2. The van der Waals surface area contributed by atoms with Gasteiger partial charge < -0.3 is 5.73 Å². The van der Waals surface area contributed by atoms with Gasteiger partial charge in [-0.05, 0) is 12.1 Å². The Kier molecular flexibility index (Phi) is 2.99. The Bertz CT molecular complexity index is 400. The molecule has 0 bridgehead atoms. The van der Waals surface area contributed by atoms with Crippen molar-refractivity contribution in [3.8, 4) is 0 Å². The minimum absolute atomic E-state index is 0.432. The zero-order valence-electron chi connectivity index (χ0n) is 7.83. The summed E-state index contributed by atoms with van der Waals surface area (Å²) in [6, 6.07) is 1.88. The number of carbonyl (C=O) groups excluding carboxylic acids is 2. The van der Waals surface area contributed by atoms with Crippen molar-refractivity contribution in [1.29, 1.82) is 0 Å². The monoisotopic (exact) mass is 214 g/mol. The van der Waals surface area contributed by atoms with Crippen molar-refractivity contribution in [3.05, 3.63) is 35.4 Å². The van der Waals surface area contributed by atoms with E-state index in [4.69, 9.17) is 5.73 Å². The number of hydrogen-bond donors (Lipinski definition) is 1. The lowest BCUT2D eigenvalue weighted by Crippen LogP contribution is -2.38. The van der Waals surface area contributed by atoms with Crippen LogP contribution in [0.4, 0.5) is 13.6 Å². The first-order chi connectivity index (χ1) is 6.95. The van der Waals surface area contributed by atoms with E-state index in [9.17, 15) is 18.4 Å². The predicted octanol–water partition coefficient (Wildman–Crippen LogP) is 1.12. The van der Waals surface area contributed by atoms with Gasteiger partial charge in [-0.25, -0.2) is 13.6 Å². The molecule has 1 rings (SSSR count). The summed E-state index contributed by atoms with van der Waals surface area (Å²) in [5.41, 5.74) is 4.00. The minimum Gasteiger partial charge on any atom is -0.351 e. The number of amides is 3. The first kappa shape index (κ1) is 11.1. The van der Waals surface area contributed by atoms with Crippen LogP contribution in [0.1, 0.15) is 10.4 Å². The van der Waals surface area contributed by atoms with Crippen LogP contribution in [0.3, 0.4) is 0 Å². The van der Waals surface area contributed by atoms with Crippen molar-refractivity contribution in [2.75, 3.05) is 7.05 Å². The van der Waals surface area contributed by atoms with Crippen LogP contribution in [0.15, 0.2) is 18.2 Å². The Hall–Kier alpha value is -1.98. The summed E-state index contributed by atoms with van der Waals surface area (Å²) in [6.45, 7) is 0. The van der Waals surface area contributed by atoms with Crippen LogP contribution in [0.2, 0.25) is 0 Å². The third kappa shape index (κ3) is 2.09. The molecule has 0 aliphatic rings. The number of nitrogens with two attached hydrogens (primary N) is 1. The van der Waals surface area contributed by atoms with Crippen LogP contribution in [0, 0.1) is 11.6 Å². The molecular formula is C9H8F2N2O2. The molecule has 0 saturated heterocycles. The highest BCUT2D eigenvalue weighted by Crippen LogP contribution is 2.13. The average molecular weight is 214 g/mol. The van der Waals surface area contributed by atoms with Crippen LogP contribution < -0.4 is 5.73 Å². The Morgan fingerprint density at radius 2 is 1.73 bits per heavy atom. The summed E-state index contributed by atoms with van der Waals surface area (Å²) in [4.78, 5) is 22.4.